The number of aryl methyl sites for hydroxylation is 1. The Morgan fingerprint density at radius 1 is 1.05 bits per heavy atom. The zero-order valence-electron chi connectivity index (χ0n) is 24.9. The molecule has 1 aromatic carbocycles. The first-order valence-corrected chi connectivity index (χ1v) is 14.7. The van der Waals surface area contributed by atoms with Crippen LogP contribution >= 0.6 is 0 Å². The summed E-state index contributed by atoms with van der Waals surface area (Å²) in [6.07, 6.45) is 6.97. The van der Waals surface area contributed by atoms with Gasteiger partial charge < -0.3 is 29.6 Å². The Labute approximate surface area is 255 Å². The van der Waals surface area contributed by atoms with Crippen LogP contribution in [0.2, 0.25) is 0 Å². The first kappa shape index (κ1) is 30.4. The van der Waals surface area contributed by atoms with Crippen LogP contribution in [0.4, 0.5) is 5.69 Å². The van der Waals surface area contributed by atoms with E-state index in [-0.39, 0.29) is 40.9 Å². The van der Waals surface area contributed by atoms with E-state index in [9.17, 15) is 24.4 Å². The molecule has 0 radical (unpaired) electrons. The molecule has 5 rings (SSSR count). The lowest BCUT2D eigenvalue weighted by Gasteiger charge is -2.28. The molecule has 0 spiro atoms. The summed E-state index contributed by atoms with van der Waals surface area (Å²) in [5.74, 6) is -1.39. The Morgan fingerprint density at radius 3 is 2.45 bits per heavy atom. The maximum atomic E-state index is 13.8. The molecule has 44 heavy (non-hydrogen) atoms. The van der Waals surface area contributed by atoms with Crippen molar-refractivity contribution < 1.29 is 28.3 Å². The van der Waals surface area contributed by atoms with Gasteiger partial charge in [0.15, 0.2) is 0 Å². The minimum absolute atomic E-state index is 0.00380. The molecule has 1 aliphatic carbocycles. The second-order valence-corrected chi connectivity index (χ2v) is 11.1. The Morgan fingerprint density at radius 2 is 1.75 bits per heavy atom. The van der Waals surface area contributed by atoms with Crippen molar-refractivity contribution in [3.05, 3.63) is 77.0 Å². The number of Topliss-reactive ketones (excluding diaryl/α,β-unsaturated/α-hetero) is 1. The fourth-order valence-corrected chi connectivity index (χ4v) is 5.74. The molecule has 2 amide bonds. The molecule has 3 aliphatic heterocycles. The van der Waals surface area contributed by atoms with E-state index in [0.717, 1.165) is 42.4 Å². The standard InChI is InChI=1S/C33H35N5O6/c1-21-17-24-20-44-16-12-25(24)29(21)36-31(26(18-34)30(40)22-8-10-23(11-9-22)33(42)43-2)35-27-7-3-4-15-38(32(27)41)19-28(39)37-13-5-6-14-37/h8-12,16-17,20,27,35-36H,3-7,13-15,19H2,1-2H3/t27-/m0/s1. The van der Waals surface area contributed by atoms with Gasteiger partial charge >= 0.3 is 5.97 Å². The van der Waals surface area contributed by atoms with E-state index < -0.39 is 17.8 Å². The molecule has 1 aromatic rings. The summed E-state index contributed by atoms with van der Waals surface area (Å²) in [4.78, 5) is 55.8. The number of anilines is 1. The van der Waals surface area contributed by atoms with Crippen molar-refractivity contribution >= 4 is 29.3 Å². The van der Waals surface area contributed by atoms with E-state index >= 15 is 0 Å². The number of nitrogens with zero attached hydrogens (tertiary/aromatic N) is 3. The van der Waals surface area contributed by atoms with E-state index in [1.165, 1.54) is 37.6 Å². The molecule has 228 valence electrons. The second kappa shape index (κ2) is 13.5. The lowest BCUT2D eigenvalue weighted by Crippen LogP contribution is -2.49. The van der Waals surface area contributed by atoms with Crippen molar-refractivity contribution in [3.63, 3.8) is 0 Å². The molecule has 4 aliphatic rings. The number of rotatable bonds is 9. The molecule has 2 saturated heterocycles. The van der Waals surface area contributed by atoms with E-state index in [1.807, 2.05) is 19.1 Å². The van der Waals surface area contributed by atoms with E-state index in [0.29, 0.717) is 31.7 Å². The summed E-state index contributed by atoms with van der Waals surface area (Å²) in [7, 11) is 1.27. The van der Waals surface area contributed by atoms with Crippen LogP contribution in [0, 0.1) is 18.3 Å². The zero-order chi connectivity index (χ0) is 31.2. The van der Waals surface area contributed by atoms with Gasteiger partial charge in [0.05, 0.1) is 37.4 Å². The number of ether oxygens (including phenoxy) is 1. The minimum atomic E-state index is -0.777. The monoisotopic (exact) mass is 597 g/mol. The van der Waals surface area contributed by atoms with Crippen molar-refractivity contribution in [2.45, 2.75) is 45.1 Å². The third kappa shape index (κ3) is 6.44. The molecule has 11 heteroatoms. The van der Waals surface area contributed by atoms with E-state index in [1.54, 1.807) is 22.1 Å². The Hall–Kier alpha value is -5.11. The first-order chi connectivity index (χ1) is 21.3. The Balaban J connectivity index is 1.49. The number of carbonyl (C=O) groups is 4. The normalized spacial score (nSPS) is 17.5. The van der Waals surface area contributed by atoms with Gasteiger partial charge in [-0.25, -0.2) is 4.79 Å². The summed E-state index contributed by atoms with van der Waals surface area (Å²) in [6, 6.07) is 10.8. The summed E-state index contributed by atoms with van der Waals surface area (Å²) in [6.45, 7) is 3.75. The van der Waals surface area contributed by atoms with Crippen LogP contribution in [0.3, 0.4) is 0 Å². The fraction of sp³-hybridized carbons (Fsp3) is 0.364. The van der Waals surface area contributed by atoms with E-state index in [2.05, 4.69) is 10.6 Å². The topological polar surface area (TPSA) is 145 Å². The maximum Gasteiger partial charge on any atom is 0.337 e. The zero-order valence-corrected chi connectivity index (χ0v) is 24.9. The molecule has 0 saturated carbocycles. The smallest absolute Gasteiger partial charge is 0.337 e. The molecule has 2 N–H and O–H groups in total. The number of allylic oxidation sites excluding steroid dienone is 1. The largest absolute Gasteiger partial charge is 0.472 e. The fourth-order valence-electron chi connectivity index (χ4n) is 5.74. The number of ketones is 1. The van der Waals surface area contributed by atoms with Crippen LogP contribution in [0.1, 0.15) is 58.4 Å². The van der Waals surface area contributed by atoms with Crippen molar-refractivity contribution in [3.8, 4) is 17.2 Å². The molecule has 0 unspecified atom stereocenters. The quantitative estimate of drug-likeness (QED) is 0.161. The molecular weight excluding hydrogens is 562 g/mol. The predicted octanol–water partition coefficient (Wildman–Crippen LogP) is 4.10. The highest BCUT2D eigenvalue weighted by atomic mass is 16.5. The average Bonchev–Trinajstić information content (AvgIpc) is 3.65. The van der Waals surface area contributed by atoms with Crippen LogP contribution in [-0.4, -0.2) is 72.7 Å². The third-order valence-corrected chi connectivity index (χ3v) is 8.15. The average molecular weight is 598 g/mol. The van der Waals surface area contributed by atoms with E-state index in [4.69, 9.17) is 9.15 Å². The summed E-state index contributed by atoms with van der Waals surface area (Å²) in [5.41, 5.74) is 3.35. The van der Waals surface area contributed by atoms with Gasteiger partial charge in [-0.2, -0.15) is 5.26 Å². The maximum absolute atomic E-state index is 13.8. The molecular formula is C33H35N5O6. The van der Waals surface area contributed by atoms with Crippen molar-refractivity contribution in [2.75, 3.05) is 38.6 Å². The highest BCUT2D eigenvalue weighted by Crippen LogP contribution is 2.37. The van der Waals surface area contributed by atoms with Crippen LogP contribution in [0.15, 0.2) is 64.7 Å². The Bertz CT molecular complexity index is 1600. The number of hydrogen-bond acceptors (Lipinski definition) is 9. The van der Waals surface area contributed by atoms with Gasteiger partial charge in [0.1, 0.15) is 23.5 Å². The van der Waals surface area contributed by atoms with Gasteiger partial charge in [0, 0.05) is 36.3 Å². The number of nitriles is 1. The molecule has 2 fully saturated rings. The summed E-state index contributed by atoms with van der Waals surface area (Å²) >= 11 is 0. The number of hydrogen-bond donors (Lipinski definition) is 2. The van der Waals surface area contributed by atoms with Gasteiger partial charge in [0.2, 0.25) is 17.6 Å². The second-order valence-electron chi connectivity index (χ2n) is 11.1. The third-order valence-electron chi connectivity index (χ3n) is 8.15. The van der Waals surface area contributed by atoms with Crippen molar-refractivity contribution in [1.82, 2.24) is 15.1 Å². The summed E-state index contributed by atoms with van der Waals surface area (Å²) in [5, 5.41) is 16.8. The van der Waals surface area contributed by atoms with Crippen LogP contribution < -0.4 is 10.6 Å². The van der Waals surface area contributed by atoms with Gasteiger partial charge in [0.25, 0.3) is 0 Å². The van der Waals surface area contributed by atoms with Crippen LogP contribution in [-0.2, 0) is 14.3 Å². The number of likely N-dealkylation sites (tertiary alicyclic amines) is 2. The number of nitrogens with one attached hydrogen (secondary N) is 2. The molecule has 0 bridgehead atoms. The number of fused-ring (bicyclic) bond motifs is 1. The number of methoxy groups -OCH3 is 1. The Kier molecular flexibility index (Phi) is 9.29. The first-order valence-electron chi connectivity index (χ1n) is 14.7. The van der Waals surface area contributed by atoms with Gasteiger partial charge in [-0.15, -0.1) is 0 Å². The van der Waals surface area contributed by atoms with Crippen LogP contribution in [0.25, 0.3) is 11.1 Å². The van der Waals surface area contributed by atoms with Gasteiger partial charge in [-0.1, -0.05) is 12.1 Å². The lowest BCUT2D eigenvalue weighted by molar-refractivity contribution is -0.140. The highest BCUT2D eigenvalue weighted by Gasteiger charge is 2.32. The lowest BCUT2D eigenvalue weighted by atomic mass is 10.0. The number of benzene rings is 1. The SMILES string of the molecule is COC(=O)c1ccc(C(=O)C(C#N)=C(Nc2c(C)cc3coccc2-3)N[C@H]2CCCCN(CC(=O)N3CCCC3)C2=O)cc1. The minimum Gasteiger partial charge on any atom is -0.472 e. The molecule has 3 heterocycles. The van der Waals surface area contributed by atoms with Crippen molar-refractivity contribution in [1.29, 1.82) is 5.26 Å². The van der Waals surface area contributed by atoms with Gasteiger partial charge in [-0.05, 0) is 68.9 Å². The highest BCUT2D eigenvalue weighted by molar-refractivity contribution is 6.12. The summed E-state index contributed by atoms with van der Waals surface area (Å²) < 4.78 is 10.1. The molecule has 0 aromatic heterocycles. The number of amides is 2. The van der Waals surface area contributed by atoms with Gasteiger partial charge in [-0.3, -0.25) is 14.4 Å². The van der Waals surface area contributed by atoms with Crippen molar-refractivity contribution in [2.24, 2.45) is 0 Å². The molecule has 1 atom stereocenters. The van der Waals surface area contributed by atoms with Crippen LogP contribution in [0.5, 0.6) is 0 Å². The molecule has 11 nitrogen and oxygen atoms in total. The predicted molar refractivity (Wildman–Crippen MR) is 162 cm³/mol. The number of esters is 1. The number of carbonyl (C=O) groups excluding carboxylic acids is 4.